The van der Waals surface area contributed by atoms with Crippen LogP contribution in [0.5, 0.6) is 0 Å². The lowest BCUT2D eigenvalue weighted by atomic mass is 10.1. The molecule has 0 atom stereocenters. The number of hydrogen-bond acceptors (Lipinski definition) is 2. The maximum Gasteiger partial charge on any atom is 0.101 e. The lowest BCUT2D eigenvalue weighted by molar-refractivity contribution is 0.282. The maximum atomic E-state index is 9.17. The lowest BCUT2D eigenvalue weighted by Gasteiger charge is -2.02. The molecular weight excluding hydrogens is 248 g/mol. The smallest absolute Gasteiger partial charge is 0.101 e. The van der Waals surface area contributed by atoms with Crippen molar-refractivity contribution in [3.8, 4) is 11.3 Å². The number of fused-ring (bicyclic) bond motifs is 1. The molecule has 0 aliphatic heterocycles. The van der Waals surface area contributed by atoms with E-state index in [2.05, 4.69) is 10.2 Å². The molecule has 3 nitrogen and oxygen atoms in total. The number of benzene rings is 2. The fourth-order valence-electron chi connectivity index (χ4n) is 2.06. The predicted octanol–water partition coefficient (Wildman–Crippen LogP) is 3.38. The first-order chi connectivity index (χ1) is 8.79. The van der Waals surface area contributed by atoms with E-state index in [9.17, 15) is 5.11 Å². The van der Waals surface area contributed by atoms with Crippen molar-refractivity contribution in [3.05, 3.63) is 53.1 Å². The SMILES string of the molecule is OCc1cccc(-c2n[nH]c3cccc(Cl)c23)c1. The van der Waals surface area contributed by atoms with Gasteiger partial charge in [0, 0.05) is 10.9 Å². The van der Waals surface area contributed by atoms with Gasteiger partial charge in [-0.3, -0.25) is 5.10 Å². The highest BCUT2D eigenvalue weighted by Gasteiger charge is 2.11. The van der Waals surface area contributed by atoms with E-state index in [4.69, 9.17) is 11.6 Å². The molecule has 1 heterocycles. The topological polar surface area (TPSA) is 48.9 Å². The molecule has 0 fully saturated rings. The van der Waals surface area contributed by atoms with Crippen molar-refractivity contribution in [1.29, 1.82) is 0 Å². The zero-order chi connectivity index (χ0) is 12.5. The first-order valence-corrected chi connectivity index (χ1v) is 6.00. The van der Waals surface area contributed by atoms with Gasteiger partial charge < -0.3 is 5.11 Å². The van der Waals surface area contributed by atoms with Crippen molar-refractivity contribution in [1.82, 2.24) is 10.2 Å². The summed E-state index contributed by atoms with van der Waals surface area (Å²) in [5, 5.41) is 18.0. The van der Waals surface area contributed by atoms with Gasteiger partial charge in [-0.1, -0.05) is 35.9 Å². The second-order valence-corrected chi connectivity index (χ2v) is 4.50. The Bertz CT molecular complexity index is 706. The van der Waals surface area contributed by atoms with E-state index in [1.54, 1.807) is 0 Å². The summed E-state index contributed by atoms with van der Waals surface area (Å²) in [6.07, 6.45) is 0. The first kappa shape index (κ1) is 11.3. The standard InChI is InChI=1S/C14H11ClN2O/c15-11-5-2-6-12-13(11)14(17-16-12)10-4-1-3-9(7-10)8-18/h1-7,18H,8H2,(H,16,17). The zero-order valence-electron chi connectivity index (χ0n) is 9.52. The van der Waals surface area contributed by atoms with Crippen LogP contribution in [0, 0.1) is 0 Å². The molecule has 0 aliphatic rings. The van der Waals surface area contributed by atoms with E-state index in [0.29, 0.717) is 5.02 Å². The summed E-state index contributed by atoms with van der Waals surface area (Å²) in [6.45, 7) is 0.0178. The van der Waals surface area contributed by atoms with E-state index in [0.717, 1.165) is 27.7 Å². The molecular formula is C14H11ClN2O. The van der Waals surface area contributed by atoms with Crippen LogP contribution >= 0.6 is 11.6 Å². The zero-order valence-corrected chi connectivity index (χ0v) is 10.3. The number of nitrogens with zero attached hydrogens (tertiary/aromatic N) is 1. The molecule has 3 rings (SSSR count). The number of nitrogens with one attached hydrogen (secondary N) is 1. The van der Waals surface area contributed by atoms with Gasteiger partial charge in [0.1, 0.15) is 5.69 Å². The normalized spacial score (nSPS) is 11.0. The Hall–Kier alpha value is -1.84. The molecule has 0 bridgehead atoms. The van der Waals surface area contributed by atoms with E-state index in [-0.39, 0.29) is 6.61 Å². The van der Waals surface area contributed by atoms with E-state index >= 15 is 0 Å². The summed E-state index contributed by atoms with van der Waals surface area (Å²) in [6, 6.07) is 13.3. The molecule has 0 spiro atoms. The quantitative estimate of drug-likeness (QED) is 0.740. The van der Waals surface area contributed by atoms with E-state index < -0.39 is 0 Å². The van der Waals surface area contributed by atoms with Crippen LogP contribution < -0.4 is 0 Å². The number of H-pyrrole nitrogens is 1. The van der Waals surface area contributed by atoms with Gasteiger partial charge in [0.15, 0.2) is 0 Å². The van der Waals surface area contributed by atoms with Crippen molar-refractivity contribution >= 4 is 22.5 Å². The molecule has 90 valence electrons. The third-order valence-electron chi connectivity index (χ3n) is 2.92. The number of rotatable bonds is 2. The molecule has 0 unspecified atom stereocenters. The molecule has 0 radical (unpaired) electrons. The maximum absolute atomic E-state index is 9.17. The Morgan fingerprint density at radius 1 is 1.17 bits per heavy atom. The Morgan fingerprint density at radius 2 is 2.00 bits per heavy atom. The number of aliphatic hydroxyl groups is 1. The number of aromatic nitrogens is 2. The summed E-state index contributed by atoms with van der Waals surface area (Å²) in [5.74, 6) is 0. The highest BCUT2D eigenvalue weighted by Crippen LogP contribution is 2.31. The van der Waals surface area contributed by atoms with Gasteiger partial charge in [-0.15, -0.1) is 0 Å². The van der Waals surface area contributed by atoms with Crippen LogP contribution in [0.1, 0.15) is 5.56 Å². The van der Waals surface area contributed by atoms with Crippen LogP contribution in [0.2, 0.25) is 5.02 Å². The van der Waals surface area contributed by atoms with Gasteiger partial charge in [-0.05, 0) is 23.8 Å². The monoisotopic (exact) mass is 258 g/mol. The Morgan fingerprint density at radius 3 is 2.83 bits per heavy atom. The van der Waals surface area contributed by atoms with Crippen molar-refractivity contribution in [2.24, 2.45) is 0 Å². The van der Waals surface area contributed by atoms with Crippen molar-refractivity contribution in [2.75, 3.05) is 0 Å². The number of halogens is 1. The van der Waals surface area contributed by atoms with Gasteiger partial charge in [0.2, 0.25) is 0 Å². The Labute approximate surface area is 109 Å². The van der Waals surface area contributed by atoms with E-state index in [1.807, 2.05) is 42.5 Å². The van der Waals surface area contributed by atoms with Crippen LogP contribution in [0.4, 0.5) is 0 Å². The van der Waals surface area contributed by atoms with Crippen LogP contribution in [0.3, 0.4) is 0 Å². The Kier molecular flexibility index (Phi) is 2.78. The van der Waals surface area contributed by atoms with Crippen LogP contribution in [0.15, 0.2) is 42.5 Å². The minimum absolute atomic E-state index is 0.0178. The third kappa shape index (κ3) is 1.78. The fraction of sp³-hybridized carbons (Fsp3) is 0.0714. The minimum Gasteiger partial charge on any atom is -0.392 e. The molecule has 0 saturated carbocycles. The van der Waals surface area contributed by atoms with Gasteiger partial charge >= 0.3 is 0 Å². The summed E-state index contributed by atoms with van der Waals surface area (Å²) < 4.78 is 0. The minimum atomic E-state index is 0.0178. The van der Waals surface area contributed by atoms with Crippen LogP contribution in [-0.2, 0) is 6.61 Å². The molecule has 18 heavy (non-hydrogen) atoms. The summed E-state index contributed by atoms with van der Waals surface area (Å²) in [7, 11) is 0. The van der Waals surface area contributed by atoms with Crippen molar-refractivity contribution in [2.45, 2.75) is 6.61 Å². The molecule has 2 N–H and O–H groups in total. The Balaban J connectivity index is 2.25. The number of aliphatic hydroxyl groups excluding tert-OH is 1. The summed E-state index contributed by atoms with van der Waals surface area (Å²) in [5.41, 5.74) is 3.52. The number of hydrogen-bond donors (Lipinski definition) is 2. The third-order valence-corrected chi connectivity index (χ3v) is 3.24. The highest BCUT2D eigenvalue weighted by atomic mass is 35.5. The molecule has 0 saturated heterocycles. The number of aromatic amines is 1. The predicted molar refractivity (Wildman–Crippen MR) is 72.5 cm³/mol. The second kappa shape index (κ2) is 4.44. The largest absolute Gasteiger partial charge is 0.392 e. The fourth-order valence-corrected chi connectivity index (χ4v) is 2.32. The van der Waals surface area contributed by atoms with Crippen molar-refractivity contribution < 1.29 is 5.11 Å². The molecule has 0 amide bonds. The molecule has 0 aliphatic carbocycles. The summed E-state index contributed by atoms with van der Waals surface area (Å²) in [4.78, 5) is 0. The lowest BCUT2D eigenvalue weighted by Crippen LogP contribution is -1.85. The van der Waals surface area contributed by atoms with Crippen molar-refractivity contribution in [3.63, 3.8) is 0 Å². The molecule has 4 heteroatoms. The van der Waals surface area contributed by atoms with Gasteiger partial charge in [-0.2, -0.15) is 5.10 Å². The van der Waals surface area contributed by atoms with Gasteiger partial charge in [0.25, 0.3) is 0 Å². The van der Waals surface area contributed by atoms with Crippen LogP contribution in [-0.4, -0.2) is 15.3 Å². The summed E-state index contributed by atoms with van der Waals surface area (Å²) >= 11 is 6.22. The molecule has 2 aromatic carbocycles. The molecule has 3 aromatic rings. The average molecular weight is 259 g/mol. The highest BCUT2D eigenvalue weighted by molar-refractivity contribution is 6.36. The average Bonchev–Trinajstić information content (AvgIpc) is 2.84. The van der Waals surface area contributed by atoms with Crippen LogP contribution in [0.25, 0.3) is 22.2 Å². The molecule has 1 aromatic heterocycles. The van der Waals surface area contributed by atoms with Gasteiger partial charge in [-0.25, -0.2) is 0 Å². The first-order valence-electron chi connectivity index (χ1n) is 5.62. The van der Waals surface area contributed by atoms with Gasteiger partial charge in [0.05, 0.1) is 17.1 Å². The second-order valence-electron chi connectivity index (χ2n) is 4.09. The van der Waals surface area contributed by atoms with E-state index in [1.165, 1.54) is 0 Å².